The average molecular weight is 402 g/mol. The Balaban J connectivity index is 1.34. The van der Waals surface area contributed by atoms with Crippen LogP contribution in [-0.4, -0.2) is 66.2 Å². The van der Waals surface area contributed by atoms with E-state index in [1.54, 1.807) is 4.90 Å². The first-order valence-electron chi connectivity index (χ1n) is 10.9. The zero-order chi connectivity index (χ0) is 20.2. The number of carbonyl (C=O) groups is 2. The predicted molar refractivity (Wildman–Crippen MR) is 109 cm³/mol. The highest BCUT2D eigenvalue weighted by Crippen LogP contribution is 2.32. The Bertz CT molecular complexity index is 748. The van der Waals surface area contributed by atoms with E-state index in [9.17, 15) is 9.59 Å². The van der Waals surface area contributed by atoms with Gasteiger partial charge in [-0.2, -0.15) is 0 Å². The molecule has 0 radical (unpaired) electrons. The molecule has 0 unspecified atom stereocenters. The number of ether oxygens (including phenoxy) is 1. The van der Waals surface area contributed by atoms with Crippen molar-refractivity contribution in [3.63, 3.8) is 0 Å². The van der Waals surface area contributed by atoms with E-state index < -0.39 is 0 Å². The Kier molecular flexibility index (Phi) is 6.28. The lowest BCUT2D eigenvalue weighted by molar-refractivity contribution is -0.141. The maximum absolute atomic E-state index is 13.1. The average Bonchev–Trinajstić information content (AvgIpc) is 2.98. The van der Waals surface area contributed by atoms with Gasteiger partial charge in [0.1, 0.15) is 0 Å². The molecular weight excluding hydrogens is 370 g/mol. The molecule has 29 heavy (non-hydrogen) atoms. The molecule has 1 saturated carbocycles. The summed E-state index contributed by atoms with van der Waals surface area (Å²) >= 11 is 0. The number of anilines is 1. The smallest absolute Gasteiger partial charge is 0.327 e. The van der Waals surface area contributed by atoms with Crippen molar-refractivity contribution in [1.29, 1.82) is 0 Å². The summed E-state index contributed by atoms with van der Waals surface area (Å²) in [6.45, 7) is 3.26. The molecule has 0 atom stereocenters. The summed E-state index contributed by atoms with van der Waals surface area (Å²) in [6, 6.07) is 0.321. The van der Waals surface area contributed by atoms with Crippen molar-refractivity contribution in [1.82, 2.24) is 20.2 Å². The minimum Gasteiger partial charge on any atom is -0.469 e. The third-order valence-corrected chi connectivity index (χ3v) is 6.58. The summed E-state index contributed by atoms with van der Waals surface area (Å²) in [5, 5.41) is 3.38. The highest BCUT2D eigenvalue weighted by atomic mass is 16.5. The van der Waals surface area contributed by atoms with Crippen molar-refractivity contribution in [2.75, 3.05) is 38.2 Å². The van der Waals surface area contributed by atoms with Crippen molar-refractivity contribution >= 4 is 17.9 Å². The van der Waals surface area contributed by atoms with Crippen LogP contribution in [0.2, 0.25) is 0 Å². The number of carbonyl (C=O) groups excluding carboxylic acids is 2. The number of methoxy groups -OCH3 is 1. The first-order chi connectivity index (χ1) is 14.2. The van der Waals surface area contributed by atoms with Gasteiger partial charge in [0.15, 0.2) is 0 Å². The molecule has 8 heteroatoms. The van der Waals surface area contributed by atoms with Crippen LogP contribution in [0, 0.1) is 5.92 Å². The Morgan fingerprint density at radius 2 is 2.00 bits per heavy atom. The summed E-state index contributed by atoms with van der Waals surface area (Å²) in [4.78, 5) is 37.4. The van der Waals surface area contributed by atoms with Gasteiger partial charge in [-0.1, -0.05) is 0 Å². The molecule has 1 aromatic heterocycles. The summed E-state index contributed by atoms with van der Waals surface area (Å²) in [5.74, 6) is 0.972. The van der Waals surface area contributed by atoms with E-state index in [0.717, 1.165) is 70.3 Å². The molecule has 1 saturated heterocycles. The van der Waals surface area contributed by atoms with E-state index in [-0.39, 0.29) is 18.0 Å². The van der Waals surface area contributed by atoms with Crippen molar-refractivity contribution in [2.24, 2.45) is 5.92 Å². The van der Waals surface area contributed by atoms with Crippen molar-refractivity contribution in [3.05, 3.63) is 17.5 Å². The number of urea groups is 1. The maximum Gasteiger partial charge on any atom is 0.327 e. The van der Waals surface area contributed by atoms with E-state index in [1.807, 2.05) is 11.1 Å². The van der Waals surface area contributed by atoms with Gasteiger partial charge >= 0.3 is 12.0 Å². The van der Waals surface area contributed by atoms with Gasteiger partial charge in [0, 0.05) is 44.7 Å². The van der Waals surface area contributed by atoms with Gasteiger partial charge in [-0.15, -0.1) is 0 Å². The van der Waals surface area contributed by atoms with Gasteiger partial charge in [0.25, 0.3) is 0 Å². The van der Waals surface area contributed by atoms with Crippen LogP contribution in [0.3, 0.4) is 0 Å². The molecule has 8 nitrogen and oxygen atoms in total. The minimum absolute atomic E-state index is 0.0368. The van der Waals surface area contributed by atoms with Gasteiger partial charge in [0.05, 0.1) is 12.8 Å². The largest absolute Gasteiger partial charge is 0.469 e. The number of fused-ring (bicyclic) bond motifs is 1. The van der Waals surface area contributed by atoms with E-state index >= 15 is 0 Å². The van der Waals surface area contributed by atoms with Crippen LogP contribution in [-0.2, 0) is 22.4 Å². The molecule has 3 heterocycles. The summed E-state index contributed by atoms with van der Waals surface area (Å²) in [7, 11) is 1.44. The zero-order valence-corrected chi connectivity index (χ0v) is 17.2. The fourth-order valence-corrected chi connectivity index (χ4v) is 4.79. The number of hydrogen-bond acceptors (Lipinski definition) is 6. The van der Waals surface area contributed by atoms with E-state index in [1.165, 1.54) is 12.7 Å². The molecule has 2 aliphatic heterocycles. The molecule has 0 aromatic carbocycles. The molecule has 1 N–H and O–H groups in total. The third kappa shape index (κ3) is 4.52. The topological polar surface area (TPSA) is 87.7 Å². The number of rotatable bonds is 5. The van der Waals surface area contributed by atoms with Gasteiger partial charge in [-0.25, -0.2) is 14.8 Å². The number of esters is 1. The lowest BCUT2D eigenvalue weighted by Crippen LogP contribution is -2.41. The molecule has 3 aliphatic rings. The Labute approximate surface area is 172 Å². The second-order valence-corrected chi connectivity index (χ2v) is 8.31. The molecule has 1 aromatic rings. The lowest BCUT2D eigenvalue weighted by Gasteiger charge is -2.34. The highest BCUT2D eigenvalue weighted by molar-refractivity contribution is 5.92. The van der Waals surface area contributed by atoms with Crippen LogP contribution in [0.15, 0.2) is 6.20 Å². The van der Waals surface area contributed by atoms with E-state index in [4.69, 9.17) is 9.72 Å². The zero-order valence-electron chi connectivity index (χ0n) is 17.2. The molecule has 1 aliphatic carbocycles. The number of hydrogen-bond donors (Lipinski definition) is 1. The summed E-state index contributed by atoms with van der Waals surface area (Å²) < 4.78 is 4.74. The maximum atomic E-state index is 13.1. The number of aromatic nitrogens is 2. The second kappa shape index (κ2) is 9.07. The predicted octanol–water partition coefficient (Wildman–Crippen LogP) is 1.92. The number of nitrogens with one attached hydrogen (secondary N) is 1. The van der Waals surface area contributed by atoms with Crippen LogP contribution in [0.4, 0.5) is 10.7 Å². The minimum atomic E-state index is -0.131. The first kappa shape index (κ1) is 20.1. The van der Waals surface area contributed by atoms with E-state index in [2.05, 4.69) is 10.3 Å². The first-order valence-corrected chi connectivity index (χ1v) is 10.9. The summed E-state index contributed by atoms with van der Waals surface area (Å²) in [5.41, 5.74) is 2.25. The van der Waals surface area contributed by atoms with Gasteiger partial charge < -0.3 is 15.0 Å². The van der Waals surface area contributed by atoms with Crippen molar-refractivity contribution in [3.8, 4) is 0 Å². The molecule has 2 fully saturated rings. The number of nitrogens with zero attached hydrogens (tertiary/aromatic N) is 4. The standard InChI is InChI=1S/C21H31N5O3/c1-29-19(27)7-4-15-2-5-17(6-3-15)25-12-13-26(21(25)28)20-23-14-16-8-10-22-11-9-18(16)24-20/h14-15,17,22H,2-13H2,1H3/t15-,17-. The Morgan fingerprint density at radius 1 is 1.21 bits per heavy atom. The van der Waals surface area contributed by atoms with Crippen LogP contribution in [0.25, 0.3) is 0 Å². The quantitative estimate of drug-likeness (QED) is 0.759. The molecule has 0 bridgehead atoms. The van der Waals surface area contributed by atoms with Crippen LogP contribution in [0.5, 0.6) is 0 Å². The molecule has 4 rings (SSSR count). The molecule has 2 amide bonds. The van der Waals surface area contributed by atoms with Gasteiger partial charge in [-0.3, -0.25) is 9.69 Å². The highest BCUT2D eigenvalue weighted by Gasteiger charge is 2.37. The third-order valence-electron chi connectivity index (χ3n) is 6.58. The fourth-order valence-electron chi connectivity index (χ4n) is 4.79. The van der Waals surface area contributed by atoms with Crippen LogP contribution < -0.4 is 10.2 Å². The van der Waals surface area contributed by atoms with Crippen molar-refractivity contribution < 1.29 is 14.3 Å². The van der Waals surface area contributed by atoms with Crippen LogP contribution >= 0.6 is 0 Å². The fraction of sp³-hybridized carbons (Fsp3) is 0.714. The molecular formula is C21H31N5O3. The molecule has 0 spiro atoms. The monoisotopic (exact) mass is 401 g/mol. The SMILES string of the molecule is COC(=O)CC[C@H]1CC[C@H](N2CCN(c3ncc4c(n3)CCNCC4)C2=O)CC1. The van der Waals surface area contributed by atoms with Crippen LogP contribution in [0.1, 0.15) is 49.8 Å². The van der Waals surface area contributed by atoms with E-state index in [0.29, 0.717) is 24.8 Å². The second-order valence-electron chi connectivity index (χ2n) is 8.31. The Hall–Kier alpha value is -2.22. The summed E-state index contributed by atoms with van der Waals surface area (Å²) in [6.07, 6.45) is 9.23. The normalized spacial score (nSPS) is 24.9. The van der Waals surface area contributed by atoms with Crippen molar-refractivity contribution in [2.45, 2.75) is 57.4 Å². The lowest BCUT2D eigenvalue weighted by atomic mass is 9.83. The number of amides is 2. The molecule has 158 valence electrons. The van der Waals surface area contributed by atoms with Gasteiger partial charge in [-0.05, 0) is 56.6 Å². The Morgan fingerprint density at radius 3 is 2.79 bits per heavy atom. The van der Waals surface area contributed by atoms with Gasteiger partial charge in [0.2, 0.25) is 5.95 Å².